The third-order valence-electron chi connectivity index (χ3n) is 3.54. The fourth-order valence-electron chi connectivity index (χ4n) is 2.22. The van der Waals surface area contributed by atoms with Crippen molar-refractivity contribution in [3.63, 3.8) is 0 Å². The van der Waals surface area contributed by atoms with E-state index in [2.05, 4.69) is 48.6 Å². The summed E-state index contributed by atoms with van der Waals surface area (Å²) >= 11 is 0. The minimum atomic E-state index is 0.277. The summed E-state index contributed by atoms with van der Waals surface area (Å²) in [5.41, 5.74) is 3.69. The lowest BCUT2D eigenvalue weighted by Gasteiger charge is -2.15. The third-order valence-corrected chi connectivity index (χ3v) is 3.54. The van der Waals surface area contributed by atoms with E-state index < -0.39 is 0 Å². The van der Waals surface area contributed by atoms with Gasteiger partial charge in [0, 0.05) is 19.7 Å². The van der Waals surface area contributed by atoms with Gasteiger partial charge in [-0.25, -0.2) is 0 Å². The van der Waals surface area contributed by atoms with Crippen LogP contribution in [0.15, 0.2) is 48.5 Å². The van der Waals surface area contributed by atoms with Crippen LogP contribution in [0.3, 0.4) is 0 Å². The van der Waals surface area contributed by atoms with E-state index in [1.54, 1.807) is 14.2 Å². The predicted octanol–water partition coefficient (Wildman–Crippen LogP) is 3.69. The zero-order chi connectivity index (χ0) is 15.1. The molecule has 112 valence electrons. The smallest absolute Gasteiger partial charge is 0.119 e. The summed E-state index contributed by atoms with van der Waals surface area (Å²) in [6.45, 7) is 3.66. The molecule has 2 rings (SSSR count). The Morgan fingerprint density at radius 3 is 2.38 bits per heavy atom. The molecule has 0 heterocycles. The van der Waals surface area contributed by atoms with Gasteiger partial charge in [-0.15, -0.1) is 0 Å². The van der Waals surface area contributed by atoms with Gasteiger partial charge in [0.2, 0.25) is 0 Å². The molecule has 0 aliphatic heterocycles. The van der Waals surface area contributed by atoms with Crippen LogP contribution in [0, 0.1) is 0 Å². The van der Waals surface area contributed by atoms with Crippen molar-refractivity contribution >= 4 is 0 Å². The Kier molecular flexibility index (Phi) is 5.78. The third kappa shape index (κ3) is 4.59. The van der Waals surface area contributed by atoms with Gasteiger partial charge < -0.3 is 14.8 Å². The topological polar surface area (TPSA) is 30.5 Å². The Morgan fingerprint density at radius 1 is 1.00 bits per heavy atom. The van der Waals surface area contributed by atoms with Crippen LogP contribution in [0.4, 0.5) is 0 Å². The van der Waals surface area contributed by atoms with E-state index >= 15 is 0 Å². The second-order valence-electron chi connectivity index (χ2n) is 5.13. The first-order valence-electron chi connectivity index (χ1n) is 7.17. The summed E-state index contributed by atoms with van der Waals surface area (Å²) in [5, 5.41) is 3.53. The standard InChI is InChI=1S/C18H23NO2/c1-14(17-5-4-6-18(11-17)21-3)19-12-15-7-9-16(10-8-15)13-20-2/h4-11,14,19H,12-13H2,1-3H3/t14-/m1/s1. The summed E-state index contributed by atoms with van der Waals surface area (Å²) in [4.78, 5) is 0. The van der Waals surface area contributed by atoms with Crippen LogP contribution in [0.25, 0.3) is 0 Å². The molecule has 0 radical (unpaired) electrons. The SMILES string of the molecule is COCc1ccc(CN[C@H](C)c2cccc(OC)c2)cc1. The highest BCUT2D eigenvalue weighted by molar-refractivity contribution is 5.30. The summed E-state index contributed by atoms with van der Waals surface area (Å²) in [5.74, 6) is 0.894. The highest BCUT2D eigenvalue weighted by Crippen LogP contribution is 2.19. The maximum Gasteiger partial charge on any atom is 0.119 e. The molecule has 0 amide bonds. The molecule has 21 heavy (non-hydrogen) atoms. The maximum atomic E-state index is 5.26. The van der Waals surface area contributed by atoms with Crippen molar-refractivity contribution in [3.8, 4) is 5.75 Å². The Hall–Kier alpha value is -1.84. The fourth-order valence-corrected chi connectivity index (χ4v) is 2.22. The van der Waals surface area contributed by atoms with Crippen molar-refractivity contribution in [1.82, 2.24) is 5.32 Å². The maximum absolute atomic E-state index is 5.26. The largest absolute Gasteiger partial charge is 0.497 e. The molecule has 3 nitrogen and oxygen atoms in total. The van der Waals surface area contributed by atoms with Gasteiger partial charge in [-0.05, 0) is 35.7 Å². The molecule has 0 saturated heterocycles. The van der Waals surface area contributed by atoms with Gasteiger partial charge in [0.05, 0.1) is 13.7 Å². The van der Waals surface area contributed by atoms with Gasteiger partial charge in [0.1, 0.15) is 5.75 Å². The van der Waals surface area contributed by atoms with E-state index in [1.165, 1.54) is 16.7 Å². The molecular formula is C18H23NO2. The number of ether oxygens (including phenoxy) is 2. The van der Waals surface area contributed by atoms with Gasteiger partial charge in [-0.2, -0.15) is 0 Å². The van der Waals surface area contributed by atoms with Gasteiger partial charge in [0.25, 0.3) is 0 Å². The Morgan fingerprint density at radius 2 is 1.71 bits per heavy atom. The summed E-state index contributed by atoms with van der Waals surface area (Å²) < 4.78 is 10.4. The summed E-state index contributed by atoms with van der Waals surface area (Å²) in [7, 11) is 3.41. The van der Waals surface area contributed by atoms with Crippen LogP contribution < -0.4 is 10.1 Å². The Balaban J connectivity index is 1.92. The fraction of sp³-hybridized carbons (Fsp3) is 0.333. The normalized spacial score (nSPS) is 12.1. The van der Waals surface area contributed by atoms with E-state index in [-0.39, 0.29) is 6.04 Å². The van der Waals surface area contributed by atoms with Crippen LogP contribution >= 0.6 is 0 Å². The number of nitrogens with one attached hydrogen (secondary N) is 1. The predicted molar refractivity (Wildman–Crippen MR) is 85.4 cm³/mol. The molecule has 0 fully saturated rings. The number of benzene rings is 2. The quantitative estimate of drug-likeness (QED) is 0.841. The molecule has 2 aromatic carbocycles. The summed E-state index contributed by atoms with van der Waals surface area (Å²) in [6.07, 6.45) is 0. The van der Waals surface area contributed by atoms with Crippen molar-refractivity contribution in [1.29, 1.82) is 0 Å². The minimum Gasteiger partial charge on any atom is -0.497 e. The zero-order valence-corrected chi connectivity index (χ0v) is 12.9. The molecule has 1 atom stereocenters. The van der Waals surface area contributed by atoms with Crippen LogP contribution in [0.2, 0.25) is 0 Å². The molecule has 0 saturated carbocycles. The molecule has 3 heteroatoms. The lowest BCUT2D eigenvalue weighted by molar-refractivity contribution is 0.185. The monoisotopic (exact) mass is 285 g/mol. The molecule has 0 aliphatic rings. The summed E-state index contributed by atoms with van der Waals surface area (Å²) in [6, 6.07) is 16.9. The van der Waals surface area contributed by atoms with Gasteiger partial charge >= 0.3 is 0 Å². The second-order valence-corrected chi connectivity index (χ2v) is 5.13. The van der Waals surface area contributed by atoms with Crippen LogP contribution in [-0.2, 0) is 17.9 Å². The van der Waals surface area contributed by atoms with Crippen molar-refractivity contribution in [2.45, 2.75) is 26.1 Å². The van der Waals surface area contributed by atoms with Crippen LogP contribution in [-0.4, -0.2) is 14.2 Å². The van der Waals surface area contributed by atoms with E-state index in [0.29, 0.717) is 6.61 Å². The average Bonchev–Trinajstić information content (AvgIpc) is 2.54. The van der Waals surface area contributed by atoms with Crippen LogP contribution in [0.1, 0.15) is 29.7 Å². The molecule has 0 aromatic heterocycles. The van der Waals surface area contributed by atoms with Crippen molar-refractivity contribution < 1.29 is 9.47 Å². The highest BCUT2D eigenvalue weighted by Gasteiger charge is 2.06. The lowest BCUT2D eigenvalue weighted by Crippen LogP contribution is -2.18. The Bertz CT molecular complexity index is 551. The van der Waals surface area contributed by atoms with Crippen molar-refractivity contribution in [2.24, 2.45) is 0 Å². The van der Waals surface area contributed by atoms with Crippen molar-refractivity contribution in [3.05, 3.63) is 65.2 Å². The number of rotatable bonds is 7. The molecule has 0 aliphatic carbocycles. The first-order valence-corrected chi connectivity index (χ1v) is 7.17. The number of hydrogen-bond donors (Lipinski definition) is 1. The van der Waals surface area contributed by atoms with E-state index in [1.807, 2.05) is 12.1 Å². The number of hydrogen-bond acceptors (Lipinski definition) is 3. The molecule has 0 bridgehead atoms. The van der Waals surface area contributed by atoms with Crippen LogP contribution in [0.5, 0.6) is 5.75 Å². The van der Waals surface area contributed by atoms with E-state index in [9.17, 15) is 0 Å². The van der Waals surface area contributed by atoms with Gasteiger partial charge in [0.15, 0.2) is 0 Å². The average molecular weight is 285 g/mol. The van der Waals surface area contributed by atoms with Gasteiger partial charge in [-0.1, -0.05) is 36.4 Å². The zero-order valence-electron chi connectivity index (χ0n) is 12.9. The van der Waals surface area contributed by atoms with E-state index in [0.717, 1.165) is 12.3 Å². The number of methoxy groups -OCH3 is 2. The molecule has 2 aromatic rings. The first kappa shape index (κ1) is 15.5. The second kappa shape index (κ2) is 7.81. The molecule has 0 spiro atoms. The highest BCUT2D eigenvalue weighted by atomic mass is 16.5. The van der Waals surface area contributed by atoms with E-state index in [4.69, 9.17) is 9.47 Å². The van der Waals surface area contributed by atoms with Gasteiger partial charge in [-0.3, -0.25) is 0 Å². The Labute approximate surface area is 126 Å². The first-order chi connectivity index (χ1) is 10.2. The molecule has 0 unspecified atom stereocenters. The lowest BCUT2D eigenvalue weighted by atomic mass is 10.1. The van der Waals surface area contributed by atoms with Crippen molar-refractivity contribution in [2.75, 3.05) is 14.2 Å². The minimum absolute atomic E-state index is 0.277. The molecule has 1 N–H and O–H groups in total. The molecular weight excluding hydrogens is 262 g/mol.